The summed E-state index contributed by atoms with van der Waals surface area (Å²) in [6, 6.07) is 2.41. The maximum atomic E-state index is 12.3. The average Bonchev–Trinajstić information content (AvgIpc) is 2.83. The first kappa shape index (κ1) is 14.0. The van der Waals surface area contributed by atoms with E-state index in [1.165, 1.54) is 18.2 Å². The fraction of sp³-hybridized carbons (Fsp3) is 0.417. The van der Waals surface area contributed by atoms with Crippen LogP contribution >= 0.6 is 15.9 Å². The average molecular weight is 329 g/mol. The molecular formula is C12H13BrN2O4. The van der Waals surface area contributed by atoms with E-state index in [4.69, 9.17) is 9.84 Å². The number of nitrogens with zero attached hydrogens (tertiary/aromatic N) is 2. The van der Waals surface area contributed by atoms with Crippen LogP contribution in [0, 0.1) is 0 Å². The highest BCUT2D eigenvalue weighted by Gasteiger charge is 2.40. The Morgan fingerprint density at radius 3 is 2.79 bits per heavy atom. The lowest BCUT2D eigenvalue weighted by atomic mass is 10.2. The summed E-state index contributed by atoms with van der Waals surface area (Å²) >= 11 is 3.18. The van der Waals surface area contributed by atoms with Crippen molar-refractivity contribution in [2.45, 2.75) is 18.6 Å². The topological polar surface area (TPSA) is 79.7 Å². The minimum Gasteiger partial charge on any atom is -0.480 e. The van der Waals surface area contributed by atoms with E-state index in [-0.39, 0.29) is 18.6 Å². The number of ether oxygens (including phenoxy) is 1. The third-order valence-corrected chi connectivity index (χ3v) is 3.59. The molecule has 1 aliphatic heterocycles. The molecule has 0 radical (unpaired) electrons. The van der Waals surface area contributed by atoms with E-state index < -0.39 is 12.0 Å². The van der Waals surface area contributed by atoms with E-state index in [9.17, 15) is 9.59 Å². The number of aliphatic carboxylic acids is 1. The molecule has 2 heterocycles. The fourth-order valence-corrected chi connectivity index (χ4v) is 2.33. The van der Waals surface area contributed by atoms with Crippen LogP contribution in [0.1, 0.15) is 16.8 Å². The monoisotopic (exact) mass is 328 g/mol. The van der Waals surface area contributed by atoms with Crippen LogP contribution in [-0.2, 0) is 9.53 Å². The van der Waals surface area contributed by atoms with Crippen LogP contribution in [0.15, 0.2) is 22.9 Å². The number of pyridine rings is 1. The van der Waals surface area contributed by atoms with Crippen LogP contribution in [0.4, 0.5) is 0 Å². The molecule has 1 saturated heterocycles. The van der Waals surface area contributed by atoms with Gasteiger partial charge < -0.3 is 14.7 Å². The van der Waals surface area contributed by atoms with Gasteiger partial charge in [0.15, 0.2) is 0 Å². The number of methoxy groups -OCH3 is 1. The lowest BCUT2D eigenvalue weighted by molar-refractivity contribution is -0.141. The maximum Gasteiger partial charge on any atom is 0.326 e. The van der Waals surface area contributed by atoms with Crippen molar-refractivity contribution in [3.05, 3.63) is 28.5 Å². The summed E-state index contributed by atoms with van der Waals surface area (Å²) in [5, 5.41) is 9.16. The van der Waals surface area contributed by atoms with E-state index in [1.807, 2.05) is 0 Å². The Morgan fingerprint density at radius 1 is 1.53 bits per heavy atom. The second-order valence-electron chi connectivity index (χ2n) is 4.27. The van der Waals surface area contributed by atoms with Gasteiger partial charge in [0.05, 0.1) is 11.7 Å². The first-order valence-corrected chi connectivity index (χ1v) is 6.50. The minimum atomic E-state index is -1.02. The Bertz CT molecular complexity index is 491. The maximum absolute atomic E-state index is 12.3. The number of likely N-dealkylation sites (tertiary alicyclic amines) is 1. The first-order chi connectivity index (χ1) is 9.02. The van der Waals surface area contributed by atoms with Gasteiger partial charge in [-0.1, -0.05) is 0 Å². The predicted molar refractivity (Wildman–Crippen MR) is 69.8 cm³/mol. The van der Waals surface area contributed by atoms with E-state index in [0.29, 0.717) is 16.6 Å². The van der Waals surface area contributed by atoms with E-state index in [1.54, 1.807) is 12.1 Å². The van der Waals surface area contributed by atoms with Crippen LogP contribution in [0.5, 0.6) is 0 Å². The molecule has 1 aliphatic rings. The molecule has 0 saturated carbocycles. The zero-order valence-electron chi connectivity index (χ0n) is 10.2. The molecule has 2 atom stereocenters. The second-order valence-corrected chi connectivity index (χ2v) is 5.09. The van der Waals surface area contributed by atoms with E-state index >= 15 is 0 Å². The highest BCUT2D eigenvalue weighted by Crippen LogP contribution is 2.22. The number of carbonyl (C=O) groups excluding carboxylic acids is 1. The molecule has 1 fully saturated rings. The summed E-state index contributed by atoms with van der Waals surface area (Å²) in [6.07, 6.45) is 1.49. The standard InChI is InChI=1S/C12H13BrN2O4/c1-19-8-4-9(12(17)18)15(6-8)11(16)7-2-3-10(13)14-5-7/h2-3,5,8-9H,4,6H2,1H3,(H,17,18). The van der Waals surface area contributed by atoms with Crippen molar-refractivity contribution in [2.24, 2.45) is 0 Å². The fourth-order valence-electron chi connectivity index (χ4n) is 2.09. The molecule has 102 valence electrons. The number of carboxylic acid groups (broad SMARTS) is 1. The molecular weight excluding hydrogens is 316 g/mol. The van der Waals surface area contributed by atoms with Gasteiger partial charge in [0.1, 0.15) is 10.6 Å². The highest BCUT2D eigenvalue weighted by atomic mass is 79.9. The summed E-state index contributed by atoms with van der Waals surface area (Å²) in [7, 11) is 1.51. The van der Waals surface area contributed by atoms with Crippen molar-refractivity contribution in [3.63, 3.8) is 0 Å². The number of hydrogen-bond acceptors (Lipinski definition) is 4. The minimum absolute atomic E-state index is 0.242. The van der Waals surface area contributed by atoms with Gasteiger partial charge in [-0.05, 0) is 28.1 Å². The van der Waals surface area contributed by atoms with Crippen molar-refractivity contribution >= 4 is 27.8 Å². The van der Waals surface area contributed by atoms with Crippen LogP contribution in [0.2, 0.25) is 0 Å². The molecule has 1 N–H and O–H groups in total. The van der Waals surface area contributed by atoms with Gasteiger partial charge in [-0.25, -0.2) is 9.78 Å². The summed E-state index contributed by atoms with van der Waals surface area (Å²) in [5.41, 5.74) is 0.367. The summed E-state index contributed by atoms with van der Waals surface area (Å²) in [4.78, 5) is 28.8. The van der Waals surface area contributed by atoms with Crippen molar-refractivity contribution in [3.8, 4) is 0 Å². The number of halogens is 1. The van der Waals surface area contributed by atoms with Gasteiger partial charge in [-0.15, -0.1) is 0 Å². The van der Waals surface area contributed by atoms with E-state index in [2.05, 4.69) is 20.9 Å². The third kappa shape index (κ3) is 2.93. The normalized spacial score (nSPS) is 22.5. The number of amides is 1. The van der Waals surface area contributed by atoms with Crippen LogP contribution < -0.4 is 0 Å². The molecule has 1 aromatic rings. The van der Waals surface area contributed by atoms with Gasteiger partial charge in [0, 0.05) is 26.3 Å². The van der Waals surface area contributed by atoms with Crippen molar-refractivity contribution in [1.29, 1.82) is 0 Å². The number of carbonyl (C=O) groups is 2. The molecule has 0 aliphatic carbocycles. The SMILES string of the molecule is COC1CC(C(=O)O)N(C(=O)c2ccc(Br)nc2)C1. The Kier molecular flexibility index (Phi) is 4.16. The van der Waals surface area contributed by atoms with Crippen molar-refractivity contribution in [1.82, 2.24) is 9.88 Å². The molecule has 0 bridgehead atoms. The summed E-state index contributed by atoms with van der Waals surface area (Å²) in [6.45, 7) is 0.280. The first-order valence-electron chi connectivity index (χ1n) is 5.71. The molecule has 7 heteroatoms. The molecule has 2 rings (SSSR count). The number of rotatable bonds is 3. The molecule has 19 heavy (non-hydrogen) atoms. The molecule has 0 spiro atoms. The molecule has 1 aromatic heterocycles. The van der Waals surface area contributed by atoms with Gasteiger partial charge in [0.25, 0.3) is 5.91 Å². The largest absolute Gasteiger partial charge is 0.480 e. The Morgan fingerprint density at radius 2 is 2.26 bits per heavy atom. The zero-order valence-corrected chi connectivity index (χ0v) is 11.8. The predicted octanol–water partition coefficient (Wildman–Crippen LogP) is 1.16. The number of aromatic nitrogens is 1. The van der Waals surface area contributed by atoms with E-state index in [0.717, 1.165) is 0 Å². The van der Waals surface area contributed by atoms with Crippen molar-refractivity contribution < 1.29 is 19.4 Å². The highest BCUT2D eigenvalue weighted by molar-refractivity contribution is 9.10. The zero-order chi connectivity index (χ0) is 14.0. The van der Waals surface area contributed by atoms with Crippen LogP contribution in [-0.4, -0.2) is 52.7 Å². The molecule has 2 unspecified atom stereocenters. The van der Waals surface area contributed by atoms with Gasteiger partial charge in [-0.2, -0.15) is 0 Å². The number of carboxylic acids is 1. The van der Waals surface area contributed by atoms with Gasteiger partial charge in [0.2, 0.25) is 0 Å². The molecule has 6 nitrogen and oxygen atoms in total. The summed E-state index contributed by atoms with van der Waals surface area (Å²) < 4.78 is 5.77. The summed E-state index contributed by atoms with van der Waals surface area (Å²) in [5.74, 6) is -1.36. The second kappa shape index (κ2) is 5.66. The lowest BCUT2D eigenvalue weighted by Gasteiger charge is -2.21. The van der Waals surface area contributed by atoms with Crippen LogP contribution in [0.25, 0.3) is 0 Å². The molecule has 1 amide bonds. The van der Waals surface area contributed by atoms with Gasteiger partial charge in [-0.3, -0.25) is 4.79 Å². The van der Waals surface area contributed by atoms with Crippen molar-refractivity contribution in [2.75, 3.05) is 13.7 Å². The Balaban J connectivity index is 2.21. The smallest absolute Gasteiger partial charge is 0.326 e. The van der Waals surface area contributed by atoms with Gasteiger partial charge >= 0.3 is 5.97 Å². The lowest BCUT2D eigenvalue weighted by Crippen LogP contribution is -2.40. The number of hydrogen-bond donors (Lipinski definition) is 1. The quantitative estimate of drug-likeness (QED) is 0.842. The van der Waals surface area contributed by atoms with Crippen LogP contribution in [0.3, 0.4) is 0 Å². The molecule has 0 aromatic carbocycles. The third-order valence-electron chi connectivity index (χ3n) is 3.12. The Labute approximate surface area is 118 Å². The Hall–Kier alpha value is -1.47.